The number of alkyl halides is 3. The third-order valence-corrected chi connectivity index (χ3v) is 8.59. The highest BCUT2D eigenvalue weighted by atomic mass is 32.2. The molecule has 44 heavy (non-hydrogen) atoms. The second-order valence-corrected chi connectivity index (χ2v) is 12.6. The highest BCUT2D eigenvalue weighted by molar-refractivity contribution is 7.90. The molecule has 0 radical (unpaired) electrons. The van der Waals surface area contributed by atoms with Crippen molar-refractivity contribution >= 4 is 32.6 Å². The van der Waals surface area contributed by atoms with Crippen LogP contribution in [0.1, 0.15) is 31.4 Å². The highest BCUT2D eigenvalue weighted by Crippen LogP contribution is 2.51. The molecule has 1 saturated carbocycles. The molecule has 3 heterocycles. The van der Waals surface area contributed by atoms with Crippen molar-refractivity contribution in [2.45, 2.75) is 42.4 Å². The maximum Gasteiger partial charge on any atom is 0.411 e. The first kappa shape index (κ1) is 29.3. The van der Waals surface area contributed by atoms with E-state index in [9.17, 15) is 21.6 Å². The minimum Gasteiger partial charge on any atom is -0.495 e. The fraction of sp³-hybridized carbons (Fsp3) is 0.276. The summed E-state index contributed by atoms with van der Waals surface area (Å²) in [5, 5.41) is 9.91. The summed E-state index contributed by atoms with van der Waals surface area (Å²) < 4.78 is 73.6. The van der Waals surface area contributed by atoms with Gasteiger partial charge < -0.3 is 15.4 Å². The predicted molar refractivity (Wildman–Crippen MR) is 157 cm³/mol. The number of rotatable bonds is 9. The molecule has 228 valence electrons. The molecule has 2 aromatic carbocycles. The molecule has 0 unspecified atom stereocenters. The van der Waals surface area contributed by atoms with Gasteiger partial charge in [0.1, 0.15) is 34.4 Å². The molecule has 0 amide bonds. The van der Waals surface area contributed by atoms with Crippen molar-refractivity contribution in [1.29, 1.82) is 0 Å². The molecule has 0 aliphatic heterocycles. The molecule has 5 aromatic rings. The lowest BCUT2D eigenvalue weighted by Gasteiger charge is -2.23. The zero-order valence-electron chi connectivity index (χ0n) is 23.8. The van der Waals surface area contributed by atoms with Crippen LogP contribution in [0.5, 0.6) is 5.75 Å². The number of hydrogen-bond donors (Lipinski definition) is 2. The van der Waals surface area contributed by atoms with Gasteiger partial charge >= 0.3 is 6.18 Å². The second kappa shape index (κ2) is 10.7. The monoisotopic (exact) mass is 624 g/mol. The van der Waals surface area contributed by atoms with E-state index < -0.39 is 21.6 Å². The van der Waals surface area contributed by atoms with E-state index in [4.69, 9.17) is 4.74 Å². The summed E-state index contributed by atoms with van der Waals surface area (Å²) in [5.41, 5.74) is 0.765. The van der Waals surface area contributed by atoms with E-state index in [1.54, 1.807) is 29.2 Å². The minimum atomic E-state index is -4.50. The Morgan fingerprint density at radius 2 is 1.77 bits per heavy atom. The van der Waals surface area contributed by atoms with Gasteiger partial charge in [-0.15, -0.1) is 0 Å². The van der Waals surface area contributed by atoms with Gasteiger partial charge in [0.15, 0.2) is 15.7 Å². The van der Waals surface area contributed by atoms with Gasteiger partial charge in [-0.25, -0.2) is 28.1 Å². The van der Waals surface area contributed by atoms with Gasteiger partial charge in [-0.05, 0) is 67.8 Å². The number of nitrogens with zero attached hydrogens (tertiary/aromatic N) is 6. The standard InChI is InChI=1S/C29H27F3N8O3S/c1-17(18-4-7-20(8-5-18)40-16-33-15-34-40)35-27-37-22-10-9-21(19-6-11-23(43-2)24(14-19)44(3,41)42)36-25(22)26(38-27)39-28(12-13-28)29(30,31)32/h4-11,14-17H,12-13H2,1-3H3,(H2,35,37,38,39)/t17-/m1/s1. The van der Waals surface area contributed by atoms with E-state index in [-0.39, 0.29) is 46.8 Å². The van der Waals surface area contributed by atoms with Crippen molar-refractivity contribution in [3.05, 3.63) is 72.8 Å². The fourth-order valence-electron chi connectivity index (χ4n) is 4.82. The van der Waals surface area contributed by atoms with Crippen LogP contribution in [0.3, 0.4) is 0 Å². The number of benzene rings is 2. The molecule has 1 aliphatic carbocycles. The quantitative estimate of drug-likeness (QED) is 0.220. The van der Waals surface area contributed by atoms with Crippen molar-refractivity contribution in [2.24, 2.45) is 0 Å². The van der Waals surface area contributed by atoms with Gasteiger partial charge in [0, 0.05) is 11.8 Å². The Morgan fingerprint density at radius 1 is 1.02 bits per heavy atom. The van der Waals surface area contributed by atoms with E-state index >= 15 is 0 Å². The molecule has 3 aromatic heterocycles. The molecule has 11 nitrogen and oxygen atoms in total. The van der Waals surface area contributed by atoms with E-state index in [0.717, 1.165) is 17.5 Å². The predicted octanol–water partition coefficient (Wildman–Crippen LogP) is 5.36. The molecule has 1 fully saturated rings. The summed E-state index contributed by atoms with van der Waals surface area (Å²) in [5.74, 6) is 0.199. The van der Waals surface area contributed by atoms with Crippen LogP contribution in [0.2, 0.25) is 0 Å². The summed E-state index contributed by atoms with van der Waals surface area (Å²) >= 11 is 0. The molecule has 15 heteroatoms. The number of pyridine rings is 1. The first-order valence-electron chi connectivity index (χ1n) is 13.5. The Labute approximate surface area is 250 Å². The van der Waals surface area contributed by atoms with E-state index in [0.29, 0.717) is 16.8 Å². The fourth-order valence-corrected chi connectivity index (χ4v) is 5.68. The lowest BCUT2D eigenvalue weighted by Crippen LogP contribution is -2.39. The SMILES string of the molecule is COc1ccc(-c2ccc3nc(N[C@H](C)c4ccc(-n5cncn5)cc4)nc(NC4(C(F)(F)F)CC4)c3n2)cc1S(C)(=O)=O. The first-order chi connectivity index (χ1) is 20.9. The third-order valence-electron chi connectivity index (χ3n) is 7.47. The Kier molecular flexibility index (Phi) is 7.14. The van der Waals surface area contributed by atoms with Crippen LogP contribution in [-0.2, 0) is 9.84 Å². The van der Waals surface area contributed by atoms with Gasteiger partial charge in [0.25, 0.3) is 0 Å². The normalized spacial score (nSPS) is 15.1. The summed E-state index contributed by atoms with van der Waals surface area (Å²) in [4.78, 5) is 17.5. The zero-order valence-corrected chi connectivity index (χ0v) is 24.6. The van der Waals surface area contributed by atoms with Crippen LogP contribution >= 0.6 is 0 Å². The van der Waals surface area contributed by atoms with Crippen LogP contribution in [0.4, 0.5) is 24.9 Å². The van der Waals surface area contributed by atoms with Gasteiger partial charge in [-0.1, -0.05) is 12.1 Å². The van der Waals surface area contributed by atoms with Crippen molar-refractivity contribution in [3.8, 4) is 22.7 Å². The number of ether oxygens (including phenoxy) is 1. The molecule has 2 N–H and O–H groups in total. The van der Waals surface area contributed by atoms with Gasteiger partial charge in [0.2, 0.25) is 5.95 Å². The molecular weight excluding hydrogens is 597 g/mol. The average Bonchev–Trinajstić information content (AvgIpc) is 3.58. The van der Waals surface area contributed by atoms with Gasteiger partial charge in [-0.2, -0.15) is 23.3 Å². The molecule has 0 spiro atoms. The average molecular weight is 625 g/mol. The minimum absolute atomic E-state index is 0.0362. The topological polar surface area (TPSA) is 137 Å². The molecule has 6 rings (SSSR count). The van der Waals surface area contributed by atoms with Crippen molar-refractivity contribution in [1.82, 2.24) is 29.7 Å². The van der Waals surface area contributed by atoms with E-state index in [2.05, 4.69) is 35.7 Å². The Bertz CT molecular complexity index is 1950. The van der Waals surface area contributed by atoms with Crippen LogP contribution in [0.15, 0.2) is 72.1 Å². The Morgan fingerprint density at radius 3 is 2.39 bits per heavy atom. The zero-order chi connectivity index (χ0) is 31.3. The van der Waals surface area contributed by atoms with E-state index in [1.165, 1.54) is 25.6 Å². The first-order valence-corrected chi connectivity index (χ1v) is 15.4. The lowest BCUT2D eigenvalue weighted by molar-refractivity contribution is -0.151. The number of aromatic nitrogens is 6. The number of anilines is 2. The summed E-state index contributed by atoms with van der Waals surface area (Å²) in [6.07, 6.45) is -0.627. The van der Waals surface area contributed by atoms with Gasteiger partial charge in [-0.3, -0.25) is 0 Å². The number of fused-ring (bicyclic) bond motifs is 1. The molecule has 0 bridgehead atoms. The summed E-state index contributed by atoms with van der Waals surface area (Å²) in [6.45, 7) is 1.88. The van der Waals surface area contributed by atoms with Crippen LogP contribution < -0.4 is 15.4 Å². The molecule has 1 aliphatic rings. The smallest absolute Gasteiger partial charge is 0.411 e. The van der Waals surface area contributed by atoms with Crippen LogP contribution in [0, 0.1) is 0 Å². The Hall–Kier alpha value is -4.79. The molecule has 1 atom stereocenters. The molecule has 0 saturated heterocycles. The largest absolute Gasteiger partial charge is 0.495 e. The second-order valence-electron chi connectivity index (χ2n) is 10.6. The van der Waals surface area contributed by atoms with Crippen LogP contribution in [-0.4, -0.2) is 63.2 Å². The Balaban J connectivity index is 1.38. The van der Waals surface area contributed by atoms with Crippen molar-refractivity contribution in [2.75, 3.05) is 24.0 Å². The maximum absolute atomic E-state index is 14.0. The number of nitrogens with one attached hydrogen (secondary N) is 2. The number of sulfone groups is 1. The lowest BCUT2D eigenvalue weighted by atomic mass is 10.1. The summed E-state index contributed by atoms with van der Waals surface area (Å²) in [7, 11) is -2.28. The number of methoxy groups -OCH3 is 1. The van der Waals surface area contributed by atoms with E-state index in [1.807, 2.05) is 31.2 Å². The summed E-state index contributed by atoms with van der Waals surface area (Å²) in [6, 6.07) is 15.0. The van der Waals surface area contributed by atoms with Crippen molar-refractivity contribution in [3.63, 3.8) is 0 Å². The maximum atomic E-state index is 14.0. The van der Waals surface area contributed by atoms with Crippen molar-refractivity contribution < 1.29 is 26.3 Å². The van der Waals surface area contributed by atoms with Crippen LogP contribution in [0.25, 0.3) is 28.0 Å². The number of halogens is 3. The number of hydrogen-bond acceptors (Lipinski definition) is 10. The third kappa shape index (κ3) is 5.62. The van der Waals surface area contributed by atoms with Gasteiger partial charge in [0.05, 0.1) is 30.0 Å². The highest BCUT2D eigenvalue weighted by Gasteiger charge is 2.64. The molecular formula is C29H27F3N8O3S.